The van der Waals surface area contributed by atoms with Crippen LogP contribution in [0.3, 0.4) is 0 Å². The average Bonchev–Trinajstić information content (AvgIpc) is 2.79. The number of fused-ring (bicyclic) bond motifs is 2. The van der Waals surface area contributed by atoms with Gasteiger partial charge in [-0.05, 0) is 24.3 Å². The highest BCUT2D eigenvalue weighted by Crippen LogP contribution is 2.27. The minimum Gasteiger partial charge on any atom is -0.320 e. The molecule has 3 aromatic carbocycles. The molecule has 1 N–H and O–H groups in total. The summed E-state index contributed by atoms with van der Waals surface area (Å²) in [7, 11) is 0. The minimum atomic E-state index is -0.182. The number of aromatic nitrogens is 2. The van der Waals surface area contributed by atoms with Crippen molar-refractivity contribution in [3.05, 3.63) is 103 Å². The van der Waals surface area contributed by atoms with Crippen LogP contribution in [0, 0.1) is 0 Å². The van der Waals surface area contributed by atoms with E-state index in [1.807, 2.05) is 91.0 Å². The van der Waals surface area contributed by atoms with E-state index in [9.17, 15) is 4.79 Å². The van der Waals surface area contributed by atoms with Crippen LogP contribution in [0.15, 0.2) is 97.2 Å². The number of rotatable bonds is 3. The maximum absolute atomic E-state index is 13.3. The lowest BCUT2D eigenvalue weighted by molar-refractivity contribution is 0.102. The van der Waals surface area contributed by atoms with Crippen molar-refractivity contribution in [2.75, 3.05) is 5.32 Å². The van der Waals surface area contributed by atoms with Gasteiger partial charge < -0.3 is 5.32 Å². The van der Waals surface area contributed by atoms with Gasteiger partial charge in [-0.1, -0.05) is 66.7 Å². The smallest absolute Gasteiger partial charge is 0.256 e. The highest BCUT2D eigenvalue weighted by molar-refractivity contribution is 6.15. The molecule has 0 radical (unpaired) electrons. The van der Waals surface area contributed by atoms with Crippen LogP contribution in [-0.4, -0.2) is 15.9 Å². The van der Waals surface area contributed by atoms with Crippen molar-refractivity contribution in [1.29, 1.82) is 0 Å². The molecule has 0 unspecified atom stereocenters. The lowest BCUT2D eigenvalue weighted by Gasteiger charge is -2.12. The number of nitrogens with one attached hydrogen (secondary N) is 1. The van der Waals surface area contributed by atoms with Gasteiger partial charge >= 0.3 is 0 Å². The van der Waals surface area contributed by atoms with E-state index in [1.165, 1.54) is 0 Å². The van der Waals surface area contributed by atoms with Crippen molar-refractivity contribution in [2.45, 2.75) is 0 Å². The van der Waals surface area contributed by atoms with Crippen LogP contribution in [0.4, 0.5) is 5.69 Å². The summed E-state index contributed by atoms with van der Waals surface area (Å²) >= 11 is 0. The first-order chi connectivity index (χ1) is 14.3. The molecular weight excluding hydrogens is 358 g/mol. The maximum atomic E-state index is 13.3. The van der Waals surface area contributed by atoms with Gasteiger partial charge in [-0.3, -0.25) is 9.78 Å². The SMILES string of the molecule is O=C(Nc1cccc2cccnc12)c1cc(-c2ccccc2)nc2ccccc12. The van der Waals surface area contributed by atoms with Crippen LogP contribution in [0.1, 0.15) is 10.4 Å². The predicted molar refractivity (Wildman–Crippen MR) is 117 cm³/mol. The molecule has 0 bridgehead atoms. The third-order valence-corrected chi connectivity index (χ3v) is 4.91. The van der Waals surface area contributed by atoms with Gasteiger partial charge in [0.1, 0.15) is 0 Å². The van der Waals surface area contributed by atoms with Gasteiger partial charge in [0.2, 0.25) is 0 Å². The molecule has 29 heavy (non-hydrogen) atoms. The van der Waals surface area contributed by atoms with Gasteiger partial charge in [0, 0.05) is 22.5 Å². The van der Waals surface area contributed by atoms with Crippen LogP contribution in [0.2, 0.25) is 0 Å². The van der Waals surface area contributed by atoms with E-state index in [0.717, 1.165) is 33.1 Å². The van der Waals surface area contributed by atoms with Crippen molar-refractivity contribution in [2.24, 2.45) is 0 Å². The van der Waals surface area contributed by atoms with Crippen LogP contribution < -0.4 is 5.32 Å². The Kier molecular flexibility index (Phi) is 4.22. The van der Waals surface area contributed by atoms with Crippen LogP contribution >= 0.6 is 0 Å². The second-order valence-electron chi connectivity index (χ2n) is 6.77. The fraction of sp³-hybridized carbons (Fsp3) is 0. The molecule has 4 heteroatoms. The zero-order valence-corrected chi connectivity index (χ0v) is 15.5. The molecule has 0 aliphatic heterocycles. The molecule has 0 atom stereocenters. The Bertz CT molecular complexity index is 1340. The average molecular weight is 375 g/mol. The van der Waals surface area contributed by atoms with E-state index in [1.54, 1.807) is 6.20 Å². The molecule has 0 saturated carbocycles. The molecule has 5 rings (SSSR count). The predicted octanol–water partition coefficient (Wildman–Crippen LogP) is 5.70. The minimum absolute atomic E-state index is 0.182. The van der Waals surface area contributed by atoms with Gasteiger partial charge in [-0.25, -0.2) is 4.98 Å². The number of anilines is 1. The number of pyridine rings is 2. The molecule has 0 aliphatic carbocycles. The first-order valence-corrected chi connectivity index (χ1v) is 9.40. The Morgan fingerprint density at radius 3 is 2.48 bits per heavy atom. The molecule has 1 amide bonds. The quantitative estimate of drug-likeness (QED) is 0.440. The summed E-state index contributed by atoms with van der Waals surface area (Å²) in [5.74, 6) is -0.182. The molecule has 0 fully saturated rings. The Morgan fingerprint density at radius 1 is 0.793 bits per heavy atom. The molecule has 2 heterocycles. The van der Waals surface area contributed by atoms with E-state index < -0.39 is 0 Å². The van der Waals surface area contributed by atoms with Crippen molar-refractivity contribution in [1.82, 2.24) is 9.97 Å². The zero-order chi connectivity index (χ0) is 19.6. The standard InChI is InChI=1S/C25H17N3O/c29-25(28-22-14-6-10-18-11-7-15-26-24(18)22)20-16-23(17-8-2-1-3-9-17)27-21-13-5-4-12-19(20)21/h1-16H,(H,28,29). The van der Waals surface area contributed by atoms with Crippen LogP contribution in [-0.2, 0) is 0 Å². The molecule has 4 nitrogen and oxygen atoms in total. The molecule has 0 saturated heterocycles. The molecule has 138 valence electrons. The Hall–Kier alpha value is -4.05. The van der Waals surface area contributed by atoms with Crippen molar-refractivity contribution in [3.63, 3.8) is 0 Å². The lowest BCUT2D eigenvalue weighted by Crippen LogP contribution is -2.13. The molecule has 0 aliphatic rings. The summed E-state index contributed by atoms with van der Waals surface area (Å²) in [6, 6.07) is 29.1. The Balaban J connectivity index is 1.62. The van der Waals surface area contributed by atoms with Gasteiger partial charge in [-0.15, -0.1) is 0 Å². The number of carbonyl (C=O) groups excluding carboxylic acids is 1. The van der Waals surface area contributed by atoms with Gasteiger partial charge in [0.25, 0.3) is 5.91 Å². The van der Waals surface area contributed by atoms with Gasteiger partial charge in [0.05, 0.1) is 28.0 Å². The molecule has 5 aromatic rings. The summed E-state index contributed by atoms with van der Waals surface area (Å²) in [5.41, 5.74) is 4.57. The van der Waals surface area contributed by atoms with E-state index >= 15 is 0 Å². The summed E-state index contributed by atoms with van der Waals surface area (Å²) < 4.78 is 0. The van der Waals surface area contributed by atoms with Gasteiger partial charge in [-0.2, -0.15) is 0 Å². The second-order valence-corrected chi connectivity index (χ2v) is 6.77. The molecule has 2 aromatic heterocycles. The summed E-state index contributed by atoms with van der Waals surface area (Å²) in [5, 5.41) is 4.84. The monoisotopic (exact) mass is 375 g/mol. The number of hydrogen-bond acceptors (Lipinski definition) is 3. The van der Waals surface area contributed by atoms with E-state index in [4.69, 9.17) is 4.98 Å². The maximum Gasteiger partial charge on any atom is 0.256 e. The number of nitrogens with zero attached hydrogens (tertiary/aromatic N) is 2. The van der Waals surface area contributed by atoms with E-state index in [2.05, 4.69) is 10.3 Å². The van der Waals surface area contributed by atoms with Crippen molar-refractivity contribution >= 4 is 33.4 Å². The second kappa shape index (κ2) is 7.17. The number of amides is 1. The fourth-order valence-electron chi connectivity index (χ4n) is 3.51. The Morgan fingerprint density at radius 2 is 1.59 bits per heavy atom. The number of hydrogen-bond donors (Lipinski definition) is 1. The largest absolute Gasteiger partial charge is 0.320 e. The van der Waals surface area contributed by atoms with Crippen molar-refractivity contribution in [3.8, 4) is 11.3 Å². The zero-order valence-electron chi connectivity index (χ0n) is 15.5. The highest BCUT2D eigenvalue weighted by Gasteiger charge is 2.15. The number of carbonyl (C=O) groups is 1. The van der Waals surface area contributed by atoms with Crippen LogP contribution in [0.25, 0.3) is 33.1 Å². The number of benzene rings is 3. The van der Waals surface area contributed by atoms with Crippen LogP contribution in [0.5, 0.6) is 0 Å². The third-order valence-electron chi connectivity index (χ3n) is 4.91. The topological polar surface area (TPSA) is 54.9 Å². The summed E-state index contributed by atoms with van der Waals surface area (Å²) in [4.78, 5) is 22.5. The van der Waals surface area contributed by atoms with Gasteiger partial charge in [0.15, 0.2) is 0 Å². The van der Waals surface area contributed by atoms with Crippen molar-refractivity contribution < 1.29 is 4.79 Å². The Labute approximate surface area is 167 Å². The highest BCUT2D eigenvalue weighted by atomic mass is 16.1. The normalized spacial score (nSPS) is 10.9. The summed E-state index contributed by atoms with van der Waals surface area (Å²) in [6.07, 6.45) is 1.73. The summed E-state index contributed by atoms with van der Waals surface area (Å²) in [6.45, 7) is 0. The van der Waals surface area contributed by atoms with E-state index in [-0.39, 0.29) is 5.91 Å². The fourth-order valence-corrected chi connectivity index (χ4v) is 3.51. The van der Waals surface area contributed by atoms with E-state index in [0.29, 0.717) is 11.3 Å². The third kappa shape index (κ3) is 3.21. The lowest BCUT2D eigenvalue weighted by atomic mass is 10.0. The first-order valence-electron chi connectivity index (χ1n) is 9.40. The first kappa shape index (κ1) is 17.1. The molecule has 0 spiro atoms. The molecular formula is C25H17N3O. The number of para-hydroxylation sites is 2.